The van der Waals surface area contributed by atoms with Gasteiger partial charge in [0.2, 0.25) is 0 Å². The molecule has 1 N–H and O–H groups in total. The van der Waals surface area contributed by atoms with E-state index in [-0.39, 0.29) is 11.8 Å². The van der Waals surface area contributed by atoms with E-state index in [1.54, 1.807) is 14.1 Å². The van der Waals surface area contributed by atoms with Crippen molar-refractivity contribution in [3.8, 4) is 0 Å². The van der Waals surface area contributed by atoms with Crippen molar-refractivity contribution in [2.24, 2.45) is 0 Å². The molecule has 3 nitrogen and oxygen atoms in total. The van der Waals surface area contributed by atoms with Gasteiger partial charge in [0, 0.05) is 14.1 Å². The van der Waals surface area contributed by atoms with Gasteiger partial charge in [-0.25, -0.2) is 5.43 Å². The van der Waals surface area contributed by atoms with Crippen molar-refractivity contribution in [2.45, 2.75) is 0 Å². The minimum absolute atomic E-state index is 0.0251. The normalized spacial score (nSPS) is 8.88. The van der Waals surface area contributed by atoms with Gasteiger partial charge in [-0.3, -0.25) is 9.80 Å². The molecule has 0 fully saturated rings. The largest absolute Gasteiger partial charge is 0.280 e. The number of hydrazine groups is 1. The summed E-state index contributed by atoms with van der Waals surface area (Å²) < 4.78 is 0. The van der Waals surface area contributed by atoms with Gasteiger partial charge in [0.1, 0.15) is 5.88 Å². The molecule has 0 spiro atoms. The standard InChI is InChI=1S/C4H9ClN2O/c1-6-7(2)4(8)3-5/h6H,3H2,1-2H3. The predicted octanol–water partition coefficient (Wildman–Crippen LogP) is -0.182. The van der Waals surface area contributed by atoms with Crippen molar-refractivity contribution in [2.75, 3.05) is 20.0 Å². The molecule has 0 radical (unpaired) electrons. The Kier molecular flexibility index (Phi) is 3.56. The van der Waals surface area contributed by atoms with Crippen LogP contribution in [0.25, 0.3) is 0 Å². The van der Waals surface area contributed by atoms with Crippen LogP contribution in [0, 0.1) is 0 Å². The Bertz CT molecular complexity index is 86.1. The van der Waals surface area contributed by atoms with Crippen LogP contribution < -0.4 is 5.43 Å². The van der Waals surface area contributed by atoms with Crippen molar-refractivity contribution >= 4 is 17.5 Å². The molecule has 1 amide bonds. The first-order chi connectivity index (χ1) is 3.72. The average Bonchev–Trinajstić information content (AvgIpc) is 1.84. The SMILES string of the molecule is CNN(C)C(=O)CCl. The lowest BCUT2D eigenvalue weighted by Crippen LogP contribution is -2.37. The Hall–Kier alpha value is -0.280. The van der Waals surface area contributed by atoms with Gasteiger partial charge in [-0.1, -0.05) is 0 Å². The molecular weight excluding hydrogens is 128 g/mol. The molecule has 0 aromatic rings. The third-order valence-electron chi connectivity index (χ3n) is 0.824. The second kappa shape index (κ2) is 3.69. The Morgan fingerprint density at radius 3 is 2.50 bits per heavy atom. The zero-order chi connectivity index (χ0) is 6.57. The highest BCUT2D eigenvalue weighted by Crippen LogP contribution is 1.80. The van der Waals surface area contributed by atoms with E-state index in [1.807, 2.05) is 0 Å². The predicted molar refractivity (Wildman–Crippen MR) is 32.5 cm³/mol. The van der Waals surface area contributed by atoms with E-state index in [1.165, 1.54) is 5.01 Å². The van der Waals surface area contributed by atoms with E-state index in [2.05, 4.69) is 5.43 Å². The van der Waals surface area contributed by atoms with Gasteiger partial charge < -0.3 is 0 Å². The topological polar surface area (TPSA) is 32.3 Å². The lowest BCUT2D eigenvalue weighted by atomic mass is 10.7. The van der Waals surface area contributed by atoms with Crippen LogP contribution in [0.2, 0.25) is 0 Å². The highest BCUT2D eigenvalue weighted by atomic mass is 35.5. The fraction of sp³-hybridized carbons (Fsp3) is 0.750. The van der Waals surface area contributed by atoms with Crippen LogP contribution in [-0.2, 0) is 4.79 Å². The molecule has 0 bridgehead atoms. The Labute approximate surface area is 53.6 Å². The summed E-state index contributed by atoms with van der Waals surface area (Å²) in [5.41, 5.74) is 2.61. The lowest BCUT2D eigenvalue weighted by Gasteiger charge is -2.12. The summed E-state index contributed by atoms with van der Waals surface area (Å²) in [4.78, 5) is 10.5. The first-order valence-corrected chi connectivity index (χ1v) is 2.75. The molecule has 0 unspecified atom stereocenters. The van der Waals surface area contributed by atoms with Gasteiger partial charge in [-0.05, 0) is 0 Å². The van der Waals surface area contributed by atoms with E-state index < -0.39 is 0 Å². The van der Waals surface area contributed by atoms with Crippen molar-refractivity contribution in [1.29, 1.82) is 0 Å². The molecule has 0 heterocycles. The summed E-state index contributed by atoms with van der Waals surface area (Å²) in [5.74, 6) is -0.105. The van der Waals surface area contributed by atoms with Crippen molar-refractivity contribution in [1.82, 2.24) is 10.4 Å². The van der Waals surface area contributed by atoms with E-state index in [0.717, 1.165) is 0 Å². The number of carbonyl (C=O) groups excluding carboxylic acids is 1. The molecule has 0 aromatic heterocycles. The number of nitrogens with zero attached hydrogens (tertiary/aromatic N) is 1. The van der Waals surface area contributed by atoms with Crippen LogP contribution in [-0.4, -0.2) is 30.9 Å². The second-order valence-electron chi connectivity index (χ2n) is 1.31. The van der Waals surface area contributed by atoms with Crippen LogP contribution in [0.3, 0.4) is 0 Å². The molecule has 8 heavy (non-hydrogen) atoms. The fourth-order valence-electron chi connectivity index (χ4n) is 0.214. The smallest absolute Gasteiger partial charge is 0.251 e. The van der Waals surface area contributed by atoms with Gasteiger partial charge in [0.05, 0.1) is 0 Å². The van der Waals surface area contributed by atoms with E-state index in [0.29, 0.717) is 0 Å². The quantitative estimate of drug-likeness (QED) is 0.422. The molecule has 0 aromatic carbocycles. The fourth-order valence-corrected chi connectivity index (χ4v) is 0.394. The molecule has 0 aliphatic rings. The number of amides is 1. The summed E-state index contributed by atoms with van der Waals surface area (Å²) in [6.45, 7) is 0. The maximum atomic E-state index is 10.5. The van der Waals surface area contributed by atoms with E-state index in [9.17, 15) is 4.79 Å². The number of carbonyl (C=O) groups is 1. The van der Waals surface area contributed by atoms with E-state index in [4.69, 9.17) is 11.6 Å². The number of rotatable bonds is 2. The summed E-state index contributed by atoms with van der Waals surface area (Å²) in [7, 11) is 3.27. The summed E-state index contributed by atoms with van der Waals surface area (Å²) in [5, 5.41) is 1.33. The molecule has 48 valence electrons. The second-order valence-corrected chi connectivity index (χ2v) is 1.58. The van der Waals surface area contributed by atoms with Crippen LogP contribution >= 0.6 is 11.6 Å². The van der Waals surface area contributed by atoms with Gasteiger partial charge in [0.15, 0.2) is 0 Å². The van der Waals surface area contributed by atoms with Crippen LogP contribution in [0.5, 0.6) is 0 Å². The minimum Gasteiger partial charge on any atom is -0.280 e. The number of hydrogen-bond donors (Lipinski definition) is 1. The summed E-state index contributed by atoms with van der Waals surface area (Å²) in [6.07, 6.45) is 0. The molecule has 4 heteroatoms. The number of halogens is 1. The Balaban J connectivity index is 3.46. The van der Waals surface area contributed by atoms with Crippen LogP contribution in [0.1, 0.15) is 0 Å². The maximum absolute atomic E-state index is 10.5. The molecule has 0 saturated carbocycles. The first-order valence-electron chi connectivity index (χ1n) is 2.22. The highest BCUT2D eigenvalue weighted by molar-refractivity contribution is 6.27. The van der Waals surface area contributed by atoms with Gasteiger partial charge in [-0.15, -0.1) is 11.6 Å². The first kappa shape index (κ1) is 7.72. The van der Waals surface area contributed by atoms with Crippen molar-refractivity contribution < 1.29 is 4.79 Å². The van der Waals surface area contributed by atoms with Gasteiger partial charge in [0.25, 0.3) is 5.91 Å². The lowest BCUT2D eigenvalue weighted by molar-refractivity contribution is -0.129. The van der Waals surface area contributed by atoms with Crippen molar-refractivity contribution in [3.63, 3.8) is 0 Å². The highest BCUT2D eigenvalue weighted by Gasteiger charge is 2.01. The Morgan fingerprint density at radius 2 is 2.38 bits per heavy atom. The Morgan fingerprint density at radius 1 is 1.88 bits per heavy atom. The monoisotopic (exact) mass is 136 g/mol. The van der Waals surface area contributed by atoms with Gasteiger partial charge in [-0.2, -0.15) is 0 Å². The number of hydrogen-bond acceptors (Lipinski definition) is 2. The third-order valence-corrected chi connectivity index (χ3v) is 1.05. The minimum atomic E-state index is -0.130. The zero-order valence-corrected chi connectivity index (χ0v) is 5.70. The number of alkyl halides is 1. The van der Waals surface area contributed by atoms with Crippen molar-refractivity contribution in [3.05, 3.63) is 0 Å². The molecule has 0 aliphatic carbocycles. The maximum Gasteiger partial charge on any atom is 0.251 e. The molecular formula is C4H9ClN2O. The van der Waals surface area contributed by atoms with Gasteiger partial charge >= 0.3 is 0 Å². The summed E-state index contributed by atoms with van der Waals surface area (Å²) >= 11 is 5.19. The molecule has 0 atom stereocenters. The summed E-state index contributed by atoms with van der Waals surface area (Å²) in [6, 6.07) is 0. The van der Waals surface area contributed by atoms with E-state index >= 15 is 0 Å². The zero-order valence-electron chi connectivity index (χ0n) is 4.94. The third kappa shape index (κ3) is 2.14. The molecule has 0 rings (SSSR count). The number of nitrogens with one attached hydrogen (secondary N) is 1. The van der Waals surface area contributed by atoms with Crippen LogP contribution in [0.4, 0.5) is 0 Å². The molecule has 0 saturated heterocycles. The molecule has 0 aliphatic heterocycles. The average molecular weight is 137 g/mol. The van der Waals surface area contributed by atoms with Crippen LogP contribution in [0.15, 0.2) is 0 Å².